The van der Waals surface area contributed by atoms with Gasteiger partial charge in [-0.3, -0.25) is 4.79 Å². The van der Waals surface area contributed by atoms with Crippen molar-refractivity contribution in [2.45, 2.75) is 0 Å². The smallest absolute Gasteiger partial charge is 0.197 e. The molecule has 5 nitrogen and oxygen atoms in total. The molecule has 5 heteroatoms. The van der Waals surface area contributed by atoms with Crippen LogP contribution in [0.15, 0.2) is 175 Å². The summed E-state index contributed by atoms with van der Waals surface area (Å²) >= 11 is 0. The van der Waals surface area contributed by atoms with E-state index in [-0.39, 0.29) is 5.43 Å². The molecule has 0 aliphatic rings. The van der Waals surface area contributed by atoms with Crippen molar-refractivity contribution >= 4 is 38.1 Å². The summed E-state index contributed by atoms with van der Waals surface area (Å²) in [7, 11) is 0. The van der Waals surface area contributed by atoms with Crippen molar-refractivity contribution in [3.05, 3.63) is 180 Å². The molecule has 10 aromatic rings. The molecule has 238 valence electrons. The third kappa shape index (κ3) is 4.78. The van der Waals surface area contributed by atoms with Gasteiger partial charge in [0.1, 0.15) is 0 Å². The number of nitrogens with zero attached hydrogens (tertiary/aromatic N) is 4. The minimum Gasteiger partial charge on any atom is -0.308 e. The Hall–Kier alpha value is -6.98. The minimum absolute atomic E-state index is 0.0196. The van der Waals surface area contributed by atoms with Crippen LogP contribution in [-0.2, 0) is 0 Å². The maximum Gasteiger partial charge on any atom is 0.197 e. The molecular formula is C46H28N4O. The Morgan fingerprint density at radius 2 is 0.784 bits per heavy atom. The van der Waals surface area contributed by atoms with Gasteiger partial charge in [-0.2, -0.15) is 0 Å². The maximum absolute atomic E-state index is 14.7. The summed E-state index contributed by atoms with van der Waals surface area (Å²) in [4.78, 5) is 29.7. The van der Waals surface area contributed by atoms with Gasteiger partial charge in [-0.15, -0.1) is 0 Å². The number of aromatic nitrogens is 4. The molecule has 0 aliphatic carbocycles. The van der Waals surface area contributed by atoms with Gasteiger partial charge in [0.25, 0.3) is 0 Å². The summed E-state index contributed by atoms with van der Waals surface area (Å²) in [5, 5.41) is 3.32. The fourth-order valence-corrected chi connectivity index (χ4v) is 7.31. The lowest BCUT2D eigenvalue weighted by Crippen LogP contribution is -2.07. The molecule has 0 radical (unpaired) electrons. The van der Waals surface area contributed by atoms with Crippen LogP contribution in [0.1, 0.15) is 0 Å². The molecule has 3 aromatic heterocycles. The molecule has 0 spiro atoms. The van der Waals surface area contributed by atoms with E-state index in [4.69, 9.17) is 15.0 Å². The van der Waals surface area contributed by atoms with Crippen LogP contribution in [0.5, 0.6) is 0 Å². The predicted molar refractivity (Wildman–Crippen MR) is 208 cm³/mol. The lowest BCUT2D eigenvalue weighted by Gasteiger charge is -2.12. The van der Waals surface area contributed by atoms with Crippen LogP contribution in [0, 0.1) is 0 Å². The number of benzene rings is 7. The minimum atomic E-state index is -0.0196. The van der Waals surface area contributed by atoms with E-state index >= 15 is 0 Å². The standard InChI is InChI=1S/C46H28N4O/c51-43-38-25-33(29-13-5-1-6-14-29)22-24-40(38)50-41-28-34(30-15-7-2-8-16-30)21-23-36(41)37-26-35(27-39(43)42(37)50)46-48-44(31-17-9-3-10-18-31)47-45(49-46)32-19-11-4-12-20-32/h1-28H. The predicted octanol–water partition coefficient (Wildman–Crippen LogP) is 10.7. The highest BCUT2D eigenvalue weighted by molar-refractivity contribution is 6.19. The molecule has 0 bridgehead atoms. The second-order valence-electron chi connectivity index (χ2n) is 12.8. The van der Waals surface area contributed by atoms with Crippen LogP contribution >= 0.6 is 0 Å². The Balaban J connectivity index is 1.30. The zero-order chi connectivity index (χ0) is 33.9. The van der Waals surface area contributed by atoms with Crippen molar-refractivity contribution in [2.24, 2.45) is 0 Å². The zero-order valence-electron chi connectivity index (χ0n) is 27.4. The fourth-order valence-electron chi connectivity index (χ4n) is 7.31. The Morgan fingerprint density at radius 3 is 1.35 bits per heavy atom. The molecule has 0 saturated heterocycles. The van der Waals surface area contributed by atoms with Gasteiger partial charge < -0.3 is 4.40 Å². The van der Waals surface area contributed by atoms with E-state index in [1.165, 1.54) is 0 Å². The van der Waals surface area contributed by atoms with Crippen LogP contribution < -0.4 is 5.43 Å². The largest absolute Gasteiger partial charge is 0.308 e. The Kier molecular flexibility index (Phi) is 6.58. The first-order valence-electron chi connectivity index (χ1n) is 17.0. The van der Waals surface area contributed by atoms with E-state index < -0.39 is 0 Å². The number of pyridine rings is 1. The fraction of sp³-hybridized carbons (Fsp3) is 0. The second kappa shape index (κ2) is 11.6. The summed E-state index contributed by atoms with van der Waals surface area (Å²) in [6, 6.07) is 57.4. The first kappa shape index (κ1) is 29.0. The Bertz CT molecular complexity index is 2900. The van der Waals surface area contributed by atoms with E-state index in [0.29, 0.717) is 28.2 Å². The molecule has 0 atom stereocenters. The van der Waals surface area contributed by atoms with Crippen molar-refractivity contribution in [1.82, 2.24) is 19.4 Å². The SMILES string of the molecule is O=c1c2cc(-c3ccccc3)ccc2n2c3cc(-c4ccccc4)ccc3c3cc(-c4nc(-c5ccccc5)nc(-c5ccccc5)n4)cc1c32. The summed E-state index contributed by atoms with van der Waals surface area (Å²) in [6.45, 7) is 0. The highest BCUT2D eigenvalue weighted by Crippen LogP contribution is 2.39. The molecule has 51 heavy (non-hydrogen) atoms. The number of hydrogen-bond acceptors (Lipinski definition) is 4. The summed E-state index contributed by atoms with van der Waals surface area (Å²) < 4.78 is 2.26. The summed E-state index contributed by atoms with van der Waals surface area (Å²) in [5.41, 5.74) is 9.65. The Morgan fingerprint density at radius 1 is 0.333 bits per heavy atom. The molecule has 0 aliphatic heterocycles. The topological polar surface area (TPSA) is 60.2 Å². The number of fused-ring (bicyclic) bond motifs is 5. The molecule has 0 fully saturated rings. The third-order valence-electron chi connectivity index (χ3n) is 9.76. The first-order valence-corrected chi connectivity index (χ1v) is 17.0. The molecule has 7 aromatic carbocycles. The average molecular weight is 653 g/mol. The summed E-state index contributed by atoms with van der Waals surface area (Å²) in [6.07, 6.45) is 0. The molecule has 3 heterocycles. The highest BCUT2D eigenvalue weighted by atomic mass is 16.1. The van der Waals surface area contributed by atoms with Crippen LogP contribution in [0.2, 0.25) is 0 Å². The van der Waals surface area contributed by atoms with E-state index in [1.54, 1.807) is 0 Å². The van der Waals surface area contributed by atoms with Crippen molar-refractivity contribution in [3.63, 3.8) is 0 Å². The Labute approximate surface area is 293 Å². The van der Waals surface area contributed by atoms with E-state index in [1.807, 2.05) is 97.1 Å². The summed E-state index contributed by atoms with van der Waals surface area (Å²) in [5.74, 6) is 1.67. The van der Waals surface area contributed by atoms with Gasteiger partial charge in [0.15, 0.2) is 22.9 Å². The maximum atomic E-state index is 14.7. The lowest BCUT2D eigenvalue weighted by molar-refractivity contribution is 1.07. The van der Waals surface area contributed by atoms with Gasteiger partial charge in [-0.1, -0.05) is 140 Å². The molecule has 0 N–H and O–H groups in total. The van der Waals surface area contributed by atoms with Crippen molar-refractivity contribution in [1.29, 1.82) is 0 Å². The molecule has 10 rings (SSSR count). The highest BCUT2D eigenvalue weighted by Gasteiger charge is 2.21. The average Bonchev–Trinajstić information content (AvgIpc) is 3.54. The van der Waals surface area contributed by atoms with E-state index in [9.17, 15) is 4.79 Å². The van der Waals surface area contributed by atoms with Crippen LogP contribution in [-0.4, -0.2) is 19.4 Å². The lowest BCUT2D eigenvalue weighted by atomic mass is 10.00. The second-order valence-corrected chi connectivity index (χ2v) is 12.8. The van der Waals surface area contributed by atoms with Gasteiger partial charge >= 0.3 is 0 Å². The van der Waals surface area contributed by atoms with E-state index in [0.717, 1.165) is 66.3 Å². The zero-order valence-corrected chi connectivity index (χ0v) is 27.4. The van der Waals surface area contributed by atoms with Crippen LogP contribution in [0.25, 0.3) is 94.5 Å². The molecule has 0 amide bonds. The van der Waals surface area contributed by atoms with Crippen molar-refractivity contribution in [3.8, 4) is 56.4 Å². The van der Waals surface area contributed by atoms with Crippen LogP contribution in [0.3, 0.4) is 0 Å². The normalized spacial score (nSPS) is 11.6. The molecule has 0 saturated carbocycles. The van der Waals surface area contributed by atoms with Gasteiger partial charge in [0.05, 0.1) is 16.6 Å². The molecule has 0 unspecified atom stereocenters. The monoisotopic (exact) mass is 652 g/mol. The quantitative estimate of drug-likeness (QED) is 0.174. The van der Waals surface area contributed by atoms with Crippen LogP contribution in [0.4, 0.5) is 0 Å². The van der Waals surface area contributed by atoms with Crippen molar-refractivity contribution in [2.75, 3.05) is 0 Å². The number of rotatable bonds is 5. The van der Waals surface area contributed by atoms with Gasteiger partial charge in [0, 0.05) is 38.2 Å². The van der Waals surface area contributed by atoms with Gasteiger partial charge in [0.2, 0.25) is 0 Å². The first-order chi connectivity index (χ1) is 25.2. The van der Waals surface area contributed by atoms with Gasteiger partial charge in [-0.05, 0) is 52.6 Å². The third-order valence-corrected chi connectivity index (χ3v) is 9.76. The van der Waals surface area contributed by atoms with Crippen molar-refractivity contribution < 1.29 is 0 Å². The number of hydrogen-bond donors (Lipinski definition) is 0. The van der Waals surface area contributed by atoms with Gasteiger partial charge in [-0.25, -0.2) is 15.0 Å². The molecular weight excluding hydrogens is 625 g/mol. The van der Waals surface area contributed by atoms with E-state index in [2.05, 4.69) is 77.2 Å².